The minimum atomic E-state index is -0.322. The molecule has 0 aliphatic carbocycles. The Kier molecular flexibility index (Phi) is 7.31. The molecular formula is C14H20N2O3. The van der Waals surface area contributed by atoms with Crippen molar-refractivity contribution in [3.05, 3.63) is 42.5 Å². The lowest BCUT2D eigenvalue weighted by Crippen LogP contribution is -2.29. The van der Waals surface area contributed by atoms with Gasteiger partial charge in [0.15, 0.2) is 0 Å². The van der Waals surface area contributed by atoms with Crippen molar-refractivity contribution in [3.63, 3.8) is 0 Å². The summed E-state index contributed by atoms with van der Waals surface area (Å²) in [5, 5.41) is 0. The number of nitrogen functional groups attached to an aromatic ring is 1. The van der Waals surface area contributed by atoms with Crippen LogP contribution in [0.3, 0.4) is 0 Å². The molecule has 19 heavy (non-hydrogen) atoms. The Hall–Kier alpha value is -1.85. The smallest absolute Gasteiger partial charge is 0.265 e. The highest BCUT2D eigenvalue weighted by molar-refractivity contribution is 5.93. The van der Waals surface area contributed by atoms with Gasteiger partial charge in [0.05, 0.1) is 6.61 Å². The maximum atomic E-state index is 11.2. The first-order valence-electron chi connectivity index (χ1n) is 6.20. The SMILES string of the molecule is C=CCCCOCCOc1ccc(C(=O)NN)cc1. The van der Waals surface area contributed by atoms with Gasteiger partial charge in [-0.15, -0.1) is 6.58 Å². The molecule has 104 valence electrons. The lowest BCUT2D eigenvalue weighted by atomic mass is 10.2. The molecule has 1 aromatic rings. The maximum absolute atomic E-state index is 11.2. The molecule has 0 unspecified atom stereocenters. The van der Waals surface area contributed by atoms with Crippen LogP contribution in [0.4, 0.5) is 0 Å². The second kappa shape index (κ2) is 9.13. The zero-order valence-electron chi connectivity index (χ0n) is 10.9. The third kappa shape index (κ3) is 6.03. The number of nitrogens with one attached hydrogen (secondary N) is 1. The summed E-state index contributed by atoms with van der Waals surface area (Å²) in [6.07, 6.45) is 3.82. The number of carbonyl (C=O) groups is 1. The lowest BCUT2D eigenvalue weighted by Gasteiger charge is -2.07. The molecule has 3 N–H and O–H groups in total. The van der Waals surface area contributed by atoms with Gasteiger partial charge >= 0.3 is 0 Å². The van der Waals surface area contributed by atoms with E-state index >= 15 is 0 Å². The molecule has 0 saturated heterocycles. The molecule has 1 rings (SSSR count). The molecule has 0 spiro atoms. The van der Waals surface area contributed by atoms with Crippen LogP contribution in [0.15, 0.2) is 36.9 Å². The molecule has 0 aromatic heterocycles. The monoisotopic (exact) mass is 264 g/mol. The number of hydrogen-bond donors (Lipinski definition) is 2. The number of rotatable bonds is 9. The maximum Gasteiger partial charge on any atom is 0.265 e. The number of hydrogen-bond acceptors (Lipinski definition) is 4. The number of benzene rings is 1. The molecule has 1 aromatic carbocycles. The predicted octanol–water partition coefficient (Wildman–Crippen LogP) is 1.65. The third-order valence-electron chi connectivity index (χ3n) is 2.44. The summed E-state index contributed by atoms with van der Waals surface area (Å²) in [4.78, 5) is 11.2. The van der Waals surface area contributed by atoms with Gasteiger partial charge in [-0.3, -0.25) is 10.2 Å². The molecular weight excluding hydrogens is 244 g/mol. The Labute approximate surface area is 113 Å². The standard InChI is InChI=1S/C14H20N2O3/c1-2-3-4-9-18-10-11-19-13-7-5-12(6-8-13)14(17)16-15/h2,5-8H,1,3-4,9-11,15H2,(H,16,17). The summed E-state index contributed by atoms with van der Waals surface area (Å²) in [6.45, 7) is 5.38. The van der Waals surface area contributed by atoms with Crippen LogP contribution in [0.2, 0.25) is 0 Å². The number of allylic oxidation sites excluding steroid dienone is 1. The first kappa shape index (κ1) is 15.2. The highest BCUT2D eigenvalue weighted by Crippen LogP contribution is 2.11. The van der Waals surface area contributed by atoms with E-state index in [9.17, 15) is 4.79 Å². The quantitative estimate of drug-likeness (QED) is 0.234. The van der Waals surface area contributed by atoms with E-state index < -0.39 is 0 Å². The second-order valence-corrected chi connectivity index (χ2v) is 3.89. The van der Waals surface area contributed by atoms with E-state index in [-0.39, 0.29) is 5.91 Å². The van der Waals surface area contributed by atoms with Crippen LogP contribution in [0, 0.1) is 0 Å². The largest absolute Gasteiger partial charge is 0.491 e. The molecule has 0 heterocycles. The Bertz CT molecular complexity index is 390. The van der Waals surface area contributed by atoms with Gasteiger partial charge < -0.3 is 9.47 Å². The van der Waals surface area contributed by atoms with Crippen LogP contribution < -0.4 is 16.0 Å². The average molecular weight is 264 g/mol. The second-order valence-electron chi connectivity index (χ2n) is 3.89. The molecule has 1 amide bonds. The van der Waals surface area contributed by atoms with Crippen LogP contribution in [0.1, 0.15) is 23.2 Å². The van der Waals surface area contributed by atoms with Gasteiger partial charge in [-0.2, -0.15) is 0 Å². The Balaban J connectivity index is 2.19. The van der Waals surface area contributed by atoms with Gasteiger partial charge in [0, 0.05) is 12.2 Å². The number of unbranched alkanes of at least 4 members (excludes halogenated alkanes) is 1. The molecule has 5 nitrogen and oxygen atoms in total. The van der Waals surface area contributed by atoms with Crippen molar-refractivity contribution >= 4 is 5.91 Å². The normalized spacial score (nSPS) is 9.95. The zero-order chi connectivity index (χ0) is 13.9. The van der Waals surface area contributed by atoms with Crippen molar-refractivity contribution in [1.82, 2.24) is 5.43 Å². The molecule has 0 saturated carbocycles. The van der Waals surface area contributed by atoms with E-state index in [0.29, 0.717) is 31.1 Å². The number of carbonyl (C=O) groups excluding carboxylic acids is 1. The molecule has 0 radical (unpaired) electrons. The van der Waals surface area contributed by atoms with E-state index in [1.807, 2.05) is 6.08 Å². The summed E-state index contributed by atoms with van der Waals surface area (Å²) in [5.41, 5.74) is 2.57. The zero-order valence-corrected chi connectivity index (χ0v) is 10.9. The summed E-state index contributed by atoms with van der Waals surface area (Å²) in [5.74, 6) is 5.41. The number of nitrogens with two attached hydrogens (primary N) is 1. The fraction of sp³-hybridized carbons (Fsp3) is 0.357. The number of ether oxygens (including phenoxy) is 2. The van der Waals surface area contributed by atoms with E-state index in [4.69, 9.17) is 15.3 Å². The fourth-order valence-electron chi connectivity index (χ4n) is 1.44. The molecule has 0 fully saturated rings. The summed E-state index contributed by atoms with van der Waals surface area (Å²) >= 11 is 0. The summed E-state index contributed by atoms with van der Waals surface area (Å²) < 4.78 is 10.9. The Morgan fingerprint density at radius 1 is 1.26 bits per heavy atom. The Morgan fingerprint density at radius 2 is 2.00 bits per heavy atom. The highest BCUT2D eigenvalue weighted by atomic mass is 16.5. The fourth-order valence-corrected chi connectivity index (χ4v) is 1.44. The average Bonchev–Trinajstić information content (AvgIpc) is 2.46. The predicted molar refractivity (Wildman–Crippen MR) is 73.8 cm³/mol. The third-order valence-corrected chi connectivity index (χ3v) is 2.44. The minimum absolute atomic E-state index is 0.322. The summed E-state index contributed by atoms with van der Waals surface area (Å²) in [6, 6.07) is 6.76. The molecule has 0 aliphatic rings. The molecule has 5 heteroatoms. The van der Waals surface area contributed by atoms with Gasteiger partial charge in [0.25, 0.3) is 5.91 Å². The lowest BCUT2D eigenvalue weighted by molar-refractivity contribution is 0.0952. The molecule has 0 aliphatic heterocycles. The van der Waals surface area contributed by atoms with Crippen molar-refractivity contribution < 1.29 is 14.3 Å². The van der Waals surface area contributed by atoms with Crippen LogP contribution in [-0.4, -0.2) is 25.7 Å². The van der Waals surface area contributed by atoms with E-state index in [1.54, 1.807) is 24.3 Å². The van der Waals surface area contributed by atoms with E-state index in [2.05, 4.69) is 12.0 Å². The van der Waals surface area contributed by atoms with Crippen molar-refractivity contribution in [2.75, 3.05) is 19.8 Å². The van der Waals surface area contributed by atoms with Gasteiger partial charge in [-0.25, -0.2) is 5.84 Å². The first-order valence-corrected chi connectivity index (χ1v) is 6.20. The van der Waals surface area contributed by atoms with Crippen molar-refractivity contribution in [3.8, 4) is 5.75 Å². The van der Waals surface area contributed by atoms with Crippen molar-refractivity contribution in [2.24, 2.45) is 5.84 Å². The van der Waals surface area contributed by atoms with Crippen LogP contribution in [0.5, 0.6) is 5.75 Å². The Morgan fingerprint density at radius 3 is 2.63 bits per heavy atom. The van der Waals surface area contributed by atoms with Crippen LogP contribution in [-0.2, 0) is 4.74 Å². The first-order chi connectivity index (χ1) is 9.27. The van der Waals surface area contributed by atoms with Gasteiger partial charge in [0.2, 0.25) is 0 Å². The van der Waals surface area contributed by atoms with Crippen molar-refractivity contribution in [1.29, 1.82) is 0 Å². The van der Waals surface area contributed by atoms with E-state index in [1.165, 1.54) is 0 Å². The topological polar surface area (TPSA) is 73.6 Å². The van der Waals surface area contributed by atoms with Crippen LogP contribution >= 0.6 is 0 Å². The molecule has 0 atom stereocenters. The highest BCUT2D eigenvalue weighted by Gasteiger charge is 2.02. The van der Waals surface area contributed by atoms with E-state index in [0.717, 1.165) is 12.8 Å². The van der Waals surface area contributed by atoms with Crippen molar-refractivity contribution in [2.45, 2.75) is 12.8 Å². The van der Waals surface area contributed by atoms with Gasteiger partial charge in [0.1, 0.15) is 12.4 Å². The number of hydrazine groups is 1. The van der Waals surface area contributed by atoms with Gasteiger partial charge in [-0.05, 0) is 37.1 Å². The summed E-state index contributed by atoms with van der Waals surface area (Å²) in [7, 11) is 0. The van der Waals surface area contributed by atoms with Gasteiger partial charge in [-0.1, -0.05) is 6.08 Å². The number of amides is 1. The molecule has 0 bridgehead atoms. The van der Waals surface area contributed by atoms with Crippen LogP contribution in [0.25, 0.3) is 0 Å². The minimum Gasteiger partial charge on any atom is -0.491 e.